The number of ether oxygens (including phenoxy) is 1. The molecule has 2 aromatic carbocycles. The molecule has 8 heteroatoms. The van der Waals surface area contributed by atoms with E-state index in [0.717, 1.165) is 27.8 Å². The third-order valence-corrected chi connectivity index (χ3v) is 8.98. The molecule has 0 aromatic heterocycles. The maximum absolute atomic E-state index is 13.5. The molecule has 1 atom stereocenters. The van der Waals surface area contributed by atoms with Crippen molar-refractivity contribution in [2.45, 2.75) is 57.9 Å². The molecule has 34 heavy (non-hydrogen) atoms. The van der Waals surface area contributed by atoms with Gasteiger partial charge >= 0.3 is 5.97 Å². The molecule has 184 valence electrons. The van der Waals surface area contributed by atoms with Crippen molar-refractivity contribution in [1.82, 2.24) is 9.62 Å². The molecule has 1 heterocycles. The molecule has 0 radical (unpaired) electrons. The number of esters is 1. The van der Waals surface area contributed by atoms with Gasteiger partial charge in [-0.3, -0.25) is 4.79 Å². The van der Waals surface area contributed by atoms with Crippen LogP contribution in [0.5, 0.6) is 0 Å². The zero-order valence-corrected chi connectivity index (χ0v) is 21.4. The summed E-state index contributed by atoms with van der Waals surface area (Å²) in [6, 6.07) is 10.6. The number of amides is 1. The van der Waals surface area contributed by atoms with E-state index in [1.807, 2.05) is 64.1 Å². The molecular formula is C26H34N2O5S. The summed E-state index contributed by atoms with van der Waals surface area (Å²) in [5.74, 6) is -1.11. The molecule has 1 unspecified atom stereocenters. The van der Waals surface area contributed by atoms with Crippen molar-refractivity contribution in [3.05, 3.63) is 64.2 Å². The molecule has 1 fully saturated rings. The lowest BCUT2D eigenvalue weighted by molar-refractivity contribution is -0.145. The van der Waals surface area contributed by atoms with Crippen LogP contribution in [0.2, 0.25) is 0 Å². The highest BCUT2D eigenvalue weighted by atomic mass is 32.2. The lowest BCUT2D eigenvalue weighted by atomic mass is 9.96. The fraction of sp³-hybridized carbons (Fsp3) is 0.462. The van der Waals surface area contributed by atoms with Gasteiger partial charge in [0.25, 0.3) is 0 Å². The summed E-state index contributed by atoms with van der Waals surface area (Å²) in [4.78, 5) is 25.6. The smallest absolute Gasteiger partial charge is 0.328 e. The van der Waals surface area contributed by atoms with E-state index in [4.69, 9.17) is 4.74 Å². The first-order valence-corrected chi connectivity index (χ1v) is 13.0. The molecule has 7 nitrogen and oxygen atoms in total. The van der Waals surface area contributed by atoms with E-state index >= 15 is 0 Å². The highest BCUT2D eigenvalue weighted by Gasteiger charge is 2.35. The van der Waals surface area contributed by atoms with Crippen molar-refractivity contribution >= 4 is 21.9 Å². The van der Waals surface area contributed by atoms with Crippen LogP contribution < -0.4 is 5.32 Å². The van der Waals surface area contributed by atoms with E-state index in [0.29, 0.717) is 24.2 Å². The summed E-state index contributed by atoms with van der Waals surface area (Å²) in [6.07, 6.45) is 1.12. The third-order valence-electron chi connectivity index (χ3n) is 6.80. The number of sulfonamides is 1. The minimum Gasteiger partial charge on any atom is -0.467 e. The van der Waals surface area contributed by atoms with Gasteiger partial charge in [-0.15, -0.1) is 0 Å². The number of piperidine rings is 1. The summed E-state index contributed by atoms with van der Waals surface area (Å²) in [7, 11) is -2.37. The van der Waals surface area contributed by atoms with E-state index in [1.165, 1.54) is 11.4 Å². The number of rotatable bonds is 7. The Labute approximate surface area is 202 Å². The van der Waals surface area contributed by atoms with Crippen molar-refractivity contribution in [3.63, 3.8) is 0 Å². The lowest BCUT2D eigenvalue weighted by Gasteiger charge is -2.32. The standard InChI is InChI=1S/C26H34N2O5S/c1-17-15-18(2)20(4)24(19(17)3)34(31,32)28-13-11-22(12-14-28)25(29)27-23(26(30)33-5)16-21-9-7-6-8-10-21/h6-10,15,22-23H,11-14,16H2,1-5H3,(H,27,29). The molecule has 0 spiro atoms. The van der Waals surface area contributed by atoms with E-state index in [9.17, 15) is 18.0 Å². The number of carbonyl (C=O) groups excluding carboxylic acids is 2. The fourth-order valence-electron chi connectivity index (χ4n) is 4.53. The van der Waals surface area contributed by atoms with Gasteiger partial charge in [-0.05, 0) is 68.4 Å². The summed E-state index contributed by atoms with van der Waals surface area (Å²) >= 11 is 0. The van der Waals surface area contributed by atoms with Crippen LogP contribution in [0.1, 0.15) is 40.7 Å². The first-order chi connectivity index (χ1) is 16.1. The third kappa shape index (κ3) is 5.50. The molecule has 1 N–H and O–H groups in total. The molecule has 3 rings (SSSR count). The number of aryl methyl sites for hydroxylation is 2. The molecule has 0 aliphatic carbocycles. The van der Waals surface area contributed by atoms with Crippen LogP contribution in [-0.4, -0.2) is 50.8 Å². The number of nitrogens with one attached hydrogen (secondary N) is 1. The SMILES string of the molecule is COC(=O)C(Cc1ccccc1)NC(=O)C1CCN(S(=O)(=O)c2c(C)c(C)cc(C)c2C)CC1. The zero-order chi connectivity index (χ0) is 25.0. The average Bonchev–Trinajstić information content (AvgIpc) is 2.82. The van der Waals surface area contributed by atoms with E-state index in [-0.39, 0.29) is 24.9 Å². The second-order valence-corrected chi connectivity index (χ2v) is 10.9. The van der Waals surface area contributed by atoms with Crippen molar-refractivity contribution in [3.8, 4) is 0 Å². The predicted octanol–water partition coefficient (Wildman–Crippen LogP) is 3.22. The molecule has 2 aromatic rings. The van der Waals surface area contributed by atoms with Crippen LogP contribution in [0.3, 0.4) is 0 Å². The van der Waals surface area contributed by atoms with Crippen LogP contribution in [0.25, 0.3) is 0 Å². The minimum absolute atomic E-state index is 0.248. The first-order valence-electron chi connectivity index (χ1n) is 11.6. The van der Waals surface area contributed by atoms with Gasteiger partial charge in [0.15, 0.2) is 0 Å². The van der Waals surface area contributed by atoms with Crippen molar-refractivity contribution in [2.75, 3.05) is 20.2 Å². The second-order valence-electron chi connectivity index (χ2n) is 9.04. The van der Waals surface area contributed by atoms with Crippen LogP contribution in [-0.2, 0) is 30.8 Å². The van der Waals surface area contributed by atoms with Crippen molar-refractivity contribution < 1.29 is 22.7 Å². The number of methoxy groups -OCH3 is 1. The van der Waals surface area contributed by atoms with Gasteiger partial charge in [0.2, 0.25) is 15.9 Å². The van der Waals surface area contributed by atoms with Crippen LogP contribution in [0.15, 0.2) is 41.3 Å². The minimum atomic E-state index is -3.67. The summed E-state index contributed by atoms with van der Waals surface area (Å²) in [5.41, 5.74) is 4.35. The zero-order valence-electron chi connectivity index (χ0n) is 20.6. The van der Waals surface area contributed by atoms with Crippen LogP contribution in [0, 0.1) is 33.6 Å². The van der Waals surface area contributed by atoms with Gasteiger partial charge in [0.1, 0.15) is 6.04 Å². The Kier molecular flexibility index (Phi) is 8.15. The number of nitrogens with zero attached hydrogens (tertiary/aromatic N) is 1. The molecule has 1 saturated heterocycles. The number of benzene rings is 2. The normalized spacial score (nSPS) is 16.1. The maximum Gasteiger partial charge on any atom is 0.328 e. The van der Waals surface area contributed by atoms with Crippen LogP contribution >= 0.6 is 0 Å². The van der Waals surface area contributed by atoms with Gasteiger partial charge in [0, 0.05) is 25.4 Å². The first kappa shape index (κ1) is 25.9. The number of hydrogen-bond donors (Lipinski definition) is 1. The van der Waals surface area contributed by atoms with E-state index in [2.05, 4.69) is 5.32 Å². The van der Waals surface area contributed by atoms with E-state index in [1.54, 1.807) is 0 Å². The molecule has 0 bridgehead atoms. The molecule has 1 aliphatic heterocycles. The topological polar surface area (TPSA) is 92.8 Å². The fourth-order valence-corrected chi connectivity index (χ4v) is 6.58. The Hall–Kier alpha value is -2.71. The summed E-state index contributed by atoms with van der Waals surface area (Å²) in [5, 5.41) is 2.82. The molecule has 0 saturated carbocycles. The number of carbonyl (C=O) groups is 2. The molecule has 1 amide bonds. The lowest BCUT2D eigenvalue weighted by Crippen LogP contribution is -2.48. The highest BCUT2D eigenvalue weighted by Crippen LogP contribution is 2.31. The monoisotopic (exact) mass is 486 g/mol. The average molecular weight is 487 g/mol. The van der Waals surface area contributed by atoms with Gasteiger partial charge in [0.05, 0.1) is 12.0 Å². The van der Waals surface area contributed by atoms with Gasteiger partial charge < -0.3 is 10.1 Å². The van der Waals surface area contributed by atoms with Crippen molar-refractivity contribution in [2.24, 2.45) is 5.92 Å². The Morgan fingerprint density at radius 2 is 1.59 bits per heavy atom. The predicted molar refractivity (Wildman–Crippen MR) is 131 cm³/mol. The second kappa shape index (κ2) is 10.7. The van der Waals surface area contributed by atoms with Crippen LogP contribution in [0.4, 0.5) is 0 Å². The Morgan fingerprint density at radius 3 is 2.12 bits per heavy atom. The Bertz CT molecular complexity index is 1130. The molecule has 1 aliphatic rings. The maximum atomic E-state index is 13.5. The largest absolute Gasteiger partial charge is 0.467 e. The van der Waals surface area contributed by atoms with Gasteiger partial charge in [-0.2, -0.15) is 4.31 Å². The van der Waals surface area contributed by atoms with Gasteiger partial charge in [-0.25, -0.2) is 13.2 Å². The Balaban J connectivity index is 1.69. The highest BCUT2D eigenvalue weighted by molar-refractivity contribution is 7.89. The quantitative estimate of drug-likeness (QED) is 0.607. The molecular weight excluding hydrogens is 452 g/mol. The summed E-state index contributed by atoms with van der Waals surface area (Å²) < 4.78 is 33.3. The summed E-state index contributed by atoms with van der Waals surface area (Å²) in [6.45, 7) is 8.04. The van der Waals surface area contributed by atoms with Crippen molar-refractivity contribution in [1.29, 1.82) is 0 Å². The Morgan fingerprint density at radius 1 is 1.03 bits per heavy atom. The number of hydrogen-bond acceptors (Lipinski definition) is 5. The van der Waals surface area contributed by atoms with E-state index < -0.39 is 22.0 Å². The van der Waals surface area contributed by atoms with Gasteiger partial charge in [-0.1, -0.05) is 36.4 Å².